The highest BCUT2D eigenvalue weighted by Gasteiger charge is 2.31. The fourth-order valence-electron chi connectivity index (χ4n) is 4.08. The number of ether oxygens (including phenoxy) is 1. The molecule has 1 fully saturated rings. The number of nitrogens with one attached hydrogen (secondary N) is 1. The number of aromatic amines is 1. The van der Waals surface area contributed by atoms with Gasteiger partial charge in [0.1, 0.15) is 5.75 Å². The van der Waals surface area contributed by atoms with E-state index in [9.17, 15) is 8.42 Å². The third-order valence-electron chi connectivity index (χ3n) is 5.67. The van der Waals surface area contributed by atoms with Crippen LogP contribution in [0.4, 0.5) is 5.69 Å². The molecule has 2 aromatic carbocycles. The number of aromatic nitrogens is 1. The second-order valence-electron chi connectivity index (χ2n) is 7.92. The summed E-state index contributed by atoms with van der Waals surface area (Å²) in [5.74, 6) is 1.23. The molecule has 0 radical (unpaired) electrons. The van der Waals surface area contributed by atoms with Gasteiger partial charge in [-0.15, -0.1) is 0 Å². The summed E-state index contributed by atoms with van der Waals surface area (Å²) in [6.07, 6.45) is 3.85. The summed E-state index contributed by atoms with van der Waals surface area (Å²) in [4.78, 5) is 6.04. The van der Waals surface area contributed by atoms with Crippen molar-refractivity contribution in [3.63, 3.8) is 0 Å². The Morgan fingerprint density at radius 1 is 1.14 bits per heavy atom. The minimum absolute atomic E-state index is 0.310. The van der Waals surface area contributed by atoms with Crippen molar-refractivity contribution >= 4 is 26.4 Å². The first-order chi connectivity index (χ1) is 13.9. The van der Waals surface area contributed by atoms with Gasteiger partial charge >= 0.3 is 0 Å². The molecular weight excluding hydrogens is 384 g/mol. The van der Waals surface area contributed by atoms with Crippen molar-refractivity contribution in [3.05, 3.63) is 54.2 Å². The molecule has 152 valence electrons. The molecule has 0 bridgehead atoms. The fourth-order valence-corrected chi connectivity index (χ4v) is 5.54. The van der Waals surface area contributed by atoms with E-state index in [4.69, 9.17) is 4.74 Å². The number of aryl methyl sites for hydroxylation is 1. The Kier molecular flexibility index (Phi) is 5.21. The normalized spacial score (nSPS) is 17.5. The predicted octanol–water partition coefficient (Wildman–Crippen LogP) is 4.04. The molecule has 1 aromatic heterocycles. The number of hydrogen-bond donors (Lipinski definition) is 0. The Balaban J connectivity index is 1.97. The van der Waals surface area contributed by atoms with Crippen molar-refractivity contribution in [1.29, 1.82) is 0 Å². The van der Waals surface area contributed by atoms with Crippen LogP contribution in [-0.2, 0) is 9.84 Å². The van der Waals surface area contributed by atoms with E-state index in [1.54, 1.807) is 25.4 Å². The smallest absolute Gasteiger partial charge is 0.214 e. The third kappa shape index (κ3) is 3.69. The number of methoxy groups -OCH3 is 1. The van der Waals surface area contributed by atoms with E-state index in [1.165, 1.54) is 0 Å². The number of nitrogens with zero attached hydrogens (tertiary/aromatic N) is 1. The highest BCUT2D eigenvalue weighted by atomic mass is 32.2. The van der Waals surface area contributed by atoms with Gasteiger partial charge in [-0.3, -0.25) is 0 Å². The molecule has 0 unspecified atom stereocenters. The zero-order valence-corrected chi connectivity index (χ0v) is 17.9. The molecule has 1 aliphatic rings. The Labute approximate surface area is 172 Å². The minimum atomic E-state index is -3.68. The molecule has 1 saturated heterocycles. The van der Waals surface area contributed by atoms with Crippen LogP contribution < -0.4 is 14.6 Å². The van der Waals surface area contributed by atoms with Crippen LogP contribution in [0.1, 0.15) is 25.3 Å². The van der Waals surface area contributed by atoms with E-state index >= 15 is 0 Å². The van der Waals surface area contributed by atoms with E-state index in [0.29, 0.717) is 21.5 Å². The van der Waals surface area contributed by atoms with Gasteiger partial charge < -0.3 is 9.64 Å². The summed E-state index contributed by atoms with van der Waals surface area (Å²) in [5, 5.41) is 0.867. The lowest BCUT2D eigenvalue weighted by atomic mass is 9.99. The largest absolute Gasteiger partial charge is 0.497 e. The molecule has 3 aromatic rings. The number of hydrogen-bond acceptors (Lipinski definition) is 4. The van der Waals surface area contributed by atoms with Crippen LogP contribution in [0.3, 0.4) is 0 Å². The van der Waals surface area contributed by atoms with Crippen molar-refractivity contribution in [1.82, 2.24) is 0 Å². The number of anilines is 1. The number of fused-ring (bicyclic) bond motifs is 1. The maximum Gasteiger partial charge on any atom is 0.214 e. The first kappa shape index (κ1) is 19.7. The van der Waals surface area contributed by atoms with Crippen molar-refractivity contribution in [2.75, 3.05) is 25.1 Å². The SMILES string of the molecule is COc1ccc2[nH+]cc(S(=O)(=O)c3ccc(C)cc3)c(N3CCC[C@H](C)C3)c2c1. The second kappa shape index (κ2) is 7.67. The monoisotopic (exact) mass is 411 g/mol. The molecule has 1 atom stereocenters. The van der Waals surface area contributed by atoms with Gasteiger partial charge in [0.25, 0.3) is 0 Å². The van der Waals surface area contributed by atoms with Gasteiger partial charge in [0.05, 0.1) is 23.1 Å². The van der Waals surface area contributed by atoms with Gasteiger partial charge in [-0.05, 0) is 49.9 Å². The summed E-state index contributed by atoms with van der Waals surface area (Å²) in [6, 6.07) is 12.8. The van der Waals surface area contributed by atoms with Crippen LogP contribution in [0, 0.1) is 12.8 Å². The molecular formula is C23H27N2O3S+. The van der Waals surface area contributed by atoms with Crippen LogP contribution in [0.15, 0.2) is 58.5 Å². The fraction of sp³-hybridized carbons (Fsp3) is 0.348. The number of pyridine rings is 1. The van der Waals surface area contributed by atoms with E-state index in [2.05, 4.69) is 16.8 Å². The quantitative estimate of drug-likeness (QED) is 0.650. The molecule has 0 saturated carbocycles. The molecule has 0 amide bonds. The van der Waals surface area contributed by atoms with Gasteiger partial charge in [-0.1, -0.05) is 24.6 Å². The summed E-state index contributed by atoms with van der Waals surface area (Å²) < 4.78 is 32.6. The van der Waals surface area contributed by atoms with E-state index in [1.807, 2.05) is 37.3 Å². The molecule has 5 nitrogen and oxygen atoms in total. The lowest BCUT2D eigenvalue weighted by molar-refractivity contribution is -0.347. The topological polar surface area (TPSA) is 60.8 Å². The highest BCUT2D eigenvalue weighted by Crippen LogP contribution is 2.38. The van der Waals surface area contributed by atoms with Crippen LogP contribution in [0.2, 0.25) is 0 Å². The van der Waals surface area contributed by atoms with E-state index < -0.39 is 9.84 Å². The first-order valence-electron chi connectivity index (χ1n) is 9.99. The molecule has 2 heterocycles. The van der Waals surface area contributed by atoms with Crippen molar-refractivity contribution in [3.8, 4) is 5.75 Å². The Morgan fingerprint density at radius 2 is 1.90 bits per heavy atom. The minimum Gasteiger partial charge on any atom is -0.497 e. The third-order valence-corrected chi connectivity index (χ3v) is 7.45. The summed E-state index contributed by atoms with van der Waals surface area (Å²) >= 11 is 0. The van der Waals surface area contributed by atoms with E-state index in [-0.39, 0.29) is 0 Å². The average Bonchev–Trinajstić information content (AvgIpc) is 2.72. The highest BCUT2D eigenvalue weighted by molar-refractivity contribution is 7.91. The molecule has 6 heteroatoms. The summed E-state index contributed by atoms with van der Waals surface area (Å²) in [6.45, 7) is 5.86. The molecule has 0 spiro atoms. The molecule has 0 aliphatic carbocycles. The Hall–Kier alpha value is -2.60. The van der Waals surface area contributed by atoms with E-state index in [0.717, 1.165) is 48.1 Å². The van der Waals surface area contributed by atoms with Crippen LogP contribution in [0.25, 0.3) is 10.9 Å². The van der Waals surface area contributed by atoms with Crippen LogP contribution in [-0.4, -0.2) is 28.6 Å². The maximum atomic E-state index is 13.6. The summed E-state index contributed by atoms with van der Waals surface area (Å²) in [7, 11) is -2.05. The van der Waals surface area contributed by atoms with Gasteiger partial charge in [0.15, 0.2) is 11.1 Å². The number of benzene rings is 2. The lowest BCUT2D eigenvalue weighted by Crippen LogP contribution is -2.35. The van der Waals surface area contributed by atoms with Crippen molar-refractivity contribution in [2.24, 2.45) is 5.92 Å². The Bertz CT molecular complexity index is 1140. The van der Waals surface area contributed by atoms with Gasteiger partial charge in [-0.2, -0.15) is 0 Å². The molecule has 1 N–H and O–H groups in total. The van der Waals surface area contributed by atoms with Gasteiger partial charge in [0, 0.05) is 19.2 Å². The lowest BCUT2D eigenvalue weighted by Gasteiger charge is -2.34. The zero-order valence-electron chi connectivity index (χ0n) is 17.1. The molecule has 29 heavy (non-hydrogen) atoms. The van der Waals surface area contributed by atoms with Gasteiger partial charge in [-0.25, -0.2) is 13.4 Å². The average molecular weight is 412 g/mol. The maximum absolute atomic E-state index is 13.6. The number of sulfone groups is 1. The zero-order chi connectivity index (χ0) is 20.6. The summed E-state index contributed by atoms with van der Waals surface area (Å²) in [5.41, 5.74) is 2.69. The Morgan fingerprint density at radius 3 is 2.59 bits per heavy atom. The standard InChI is InChI=1S/C23H26N2O3S/c1-16-6-9-19(10-7-16)29(26,27)22-14-24-21-11-8-18(28-3)13-20(21)23(22)25-12-4-5-17(2)15-25/h6-11,13-14,17H,4-5,12,15H2,1-3H3/p+1/t17-/m0/s1. The second-order valence-corrected chi connectivity index (χ2v) is 9.84. The number of piperidine rings is 1. The van der Waals surface area contributed by atoms with Crippen LogP contribution >= 0.6 is 0 Å². The first-order valence-corrected chi connectivity index (χ1v) is 11.5. The molecule has 1 aliphatic heterocycles. The van der Waals surface area contributed by atoms with Crippen molar-refractivity contribution in [2.45, 2.75) is 36.5 Å². The van der Waals surface area contributed by atoms with Crippen molar-refractivity contribution < 1.29 is 18.1 Å². The van der Waals surface area contributed by atoms with Gasteiger partial charge in [0.2, 0.25) is 15.4 Å². The predicted molar refractivity (Wildman–Crippen MR) is 114 cm³/mol. The van der Waals surface area contributed by atoms with Crippen LogP contribution in [0.5, 0.6) is 5.75 Å². The number of rotatable bonds is 4. The number of H-pyrrole nitrogens is 1. The molecule has 4 rings (SSSR count).